The average molecular weight is 167 g/mol. The zero-order valence-corrected chi connectivity index (χ0v) is 6.95. The van der Waals surface area contributed by atoms with E-state index in [1.165, 1.54) is 10.8 Å². The molecule has 61 valence electrons. The second kappa shape index (κ2) is 2.36. The van der Waals surface area contributed by atoms with Gasteiger partial charge in [0.1, 0.15) is 5.58 Å². The predicted octanol–water partition coefficient (Wildman–Crippen LogP) is 3.39. The van der Waals surface area contributed by atoms with Crippen molar-refractivity contribution < 1.29 is 4.42 Å². The highest BCUT2D eigenvalue weighted by atomic mass is 16.3. The summed E-state index contributed by atoms with van der Waals surface area (Å²) in [7, 11) is 0. The Bertz CT molecular complexity index is 563. The van der Waals surface area contributed by atoms with Crippen molar-refractivity contribution in [1.29, 1.82) is 0 Å². The van der Waals surface area contributed by atoms with Crippen LogP contribution in [0.25, 0.3) is 21.7 Å². The van der Waals surface area contributed by atoms with E-state index in [-0.39, 0.29) is 0 Å². The first-order valence-electron chi connectivity index (χ1n) is 4.22. The monoisotopic (exact) mass is 167 g/mol. The van der Waals surface area contributed by atoms with Gasteiger partial charge in [0.15, 0.2) is 6.26 Å². The molecule has 0 saturated carbocycles. The van der Waals surface area contributed by atoms with Gasteiger partial charge in [0, 0.05) is 5.39 Å². The van der Waals surface area contributed by atoms with Crippen LogP contribution in [0.15, 0.2) is 46.9 Å². The van der Waals surface area contributed by atoms with E-state index in [4.69, 9.17) is 4.42 Å². The van der Waals surface area contributed by atoms with Crippen LogP contribution in [-0.4, -0.2) is 0 Å². The molecule has 1 heterocycles. The van der Waals surface area contributed by atoms with Gasteiger partial charge in [-0.15, -0.1) is 0 Å². The lowest BCUT2D eigenvalue weighted by Gasteiger charge is -1.96. The molecule has 0 fully saturated rings. The van der Waals surface area contributed by atoms with Crippen LogP contribution in [0.2, 0.25) is 0 Å². The summed E-state index contributed by atoms with van der Waals surface area (Å²) in [5.74, 6) is 0. The fraction of sp³-hybridized carbons (Fsp3) is 0. The Hall–Kier alpha value is -1.76. The van der Waals surface area contributed by atoms with Gasteiger partial charge < -0.3 is 4.42 Å². The minimum absolute atomic E-state index is 0.902. The molecule has 0 bridgehead atoms. The van der Waals surface area contributed by atoms with Crippen molar-refractivity contribution in [3.63, 3.8) is 0 Å². The molecule has 0 aliphatic rings. The van der Waals surface area contributed by atoms with Crippen molar-refractivity contribution in [2.75, 3.05) is 0 Å². The highest BCUT2D eigenvalue weighted by Crippen LogP contribution is 2.25. The Labute approximate surface area is 75.6 Å². The van der Waals surface area contributed by atoms with E-state index in [1.807, 2.05) is 24.3 Å². The largest absolute Gasteiger partial charge is 0.453 e. The lowest BCUT2D eigenvalue weighted by molar-refractivity contribution is 0.606. The van der Waals surface area contributed by atoms with Gasteiger partial charge in [0.05, 0.1) is 0 Å². The molecule has 3 rings (SSSR count). The molecular weight excluding hydrogens is 160 g/mol. The minimum Gasteiger partial charge on any atom is -0.453 e. The summed E-state index contributed by atoms with van der Waals surface area (Å²) < 4.78 is 5.20. The van der Waals surface area contributed by atoms with Crippen molar-refractivity contribution >= 4 is 21.7 Å². The van der Waals surface area contributed by atoms with Gasteiger partial charge in [0.25, 0.3) is 0 Å². The molecule has 3 aromatic rings. The third-order valence-corrected chi connectivity index (χ3v) is 2.30. The fourth-order valence-corrected chi connectivity index (χ4v) is 1.67. The maximum atomic E-state index is 5.20. The number of benzene rings is 2. The number of rotatable bonds is 0. The topological polar surface area (TPSA) is 13.1 Å². The molecule has 0 unspecified atom stereocenters. The summed E-state index contributed by atoms with van der Waals surface area (Å²) >= 11 is 0. The summed E-state index contributed by atoms with van der Waals surface area (Å²) in [4.78, 5) is 0. The zero-order valence-electron chi connectivity index (χ0n) is 6.95. The summed E-state index contributed by atoms with van der Waals surface area (Å²) in [6.45, 7) is 0. The van der Waals surface area contributed by atoms with Crippen LogP contribution >= 0.6 is 0 Å². The first-order chi connectivity index (χ1) is 6.45. The molecule has 2 aromatic carbocycles. The van der Waals surface area contributed by atoms with E-state index >= 15 is 0 Å². The lowest BCUT2D eigenvalue weighted by Crippen LogP contribution is -1.71. The molecule has 13 heavy (non-hydrogen) atoms. The average Bonchev–Trinajstić information content (AvgIpc) is 2.65. The van der Waals surface area contributed by atoms with E-state index in [0.29, 0.717) is 0 Å². The Morgan fingerprint density at radius 1 is 0.923 bits per heavy atom. The molecular formula is C12H7O. The second-order valence-corrected chi connectivity index (χ2v) is 3.06. The first-order valence-corrected chi connectivity index (χ1v) is 4.22. The zero-order chi connectivity index (χ0) is 8.67. The fourth-order valence-electron chi connectivity index (χ4n) is 1.67. The van der Waals surface area contributed by atoms with Crippen molar-refractivity contribution in [2.24, 2.45) is 0 Å². The maximum Gasteiger partial charge on any atom is 0.170 e. The third kappa shape index (κ3) is 0.872. The molecule has 0 atom stereocenters. The lowest BCUT2D eigenvalue weighted by atomic mass is 10.1. The van der Waals surface area contributed by atoms with E-state index < -0.39 is 0 Å². The van der Waals surface area contributed by atoms with E-state index in [0.717, 1.165) is 11.0 Å². The molecule has 1 aromatic heterocycles. The van der Waals surface area contributed by atoms with Gasteiger partial charge >= 0.3 is 0 Å². The van der Waals surface area contributed by atoms with E-state index in [1.54, 1.807) is 0 Å². The molecule has 1 nitrogen and oxygen atoms in total. The van der Waals surface area contributed by atoms with Crippen LogP contribution in [-0.2, 0) is 0 Å². The maximum absolute atomic E-state index is 5.20. The Balaban J connectivity index is 2.65. The van der Waals surface area contributed by atoms with Crippen molar-refractivity contribution in [2.45, 2.75) is 0 Å². The summed E-state index contributed by atoms with van der Waals surface area (Å²) in [6.07, 6.45) is 2.75. The molecule has 0 N–H and O–H groups in total. The quantitative estimate of drug-likeness (QED) is 0.500. The van der Waals surface area contributed by atoms with Crippen molar-refractivity contribution in [1.82, 2.24) is 0 Å². The van der Waals surface area contributed by atoms with Crippen LogP contribution in [0.1, 0.15) is 0 Å². The van der Waals surface area contributed by atoms with Gasteiger partial charge in [-0.05, 0) is 22.9 Å². The minimum atomic E-state index is 0.902. The first kappa shape index (κ1) is 6.72. The van der Waals surface area contributed by atoms with Gasteiger partial charge in [-0.3, -0.25) is 0 Å². The molecule has 0 saturated heterocycles. The molecule has 0 spiro atoms. The van der Waals surface area contributed by atoms with Crippen LogP contribution in [0.3, 0.4) is 0 Å². The molecule has 1 radical (unpaired) electrons. The summed E-state index contributed by atoms with van der Waals surface area (Å²) in [5.41, 5.74) is 0.902. The number of hydrogen-bond acceptors (Lipinski definition) is 1. The predicted molar refractivity (Wildman–Crippen MR) is 52.6 cm³/mol. The van der Waals surface area contributed by atoms with Crippen molar-refractivity contribution in [3.05, 3.63) is 48.7 Å². The molecule has 0 aliphatic carbocycles. The highest BCUT2D eigenvalue weighted by molar-refractivity contribution is 6.05. The number of fused-ring (bicyclic) bond motifs is 3. The van der Waals surface area contributed by atoms with Gasteiger partial charge in [-0.25, -0.2) is 0 Å². The molecule has 0 aliphatic heterocycles. The van der Waals surface area contributed by atoms with Crippen LogP contribution in [0, 0.1) is 6.26 Å². The smallest absolute Gasteiger partial charge is 0.170 e. The van der Waals surface area contributed by atoms with E-state index in [2.05, 4.69) is 24.5 Å². The van der Waals surface area contributed by atoms with E-state index in [9.17, 15) is 0 Å². The van der Waals surface area contributed by atoms with Gasteiger partial charge in [-0.1, -0.05) is 30.3 Å². The standard InChI is InChI=1S/C12H7O/c1-2-4-10-9(3-1)5-6-12-11(10)7-8-13-12/h1-7H. The molecule has 1 heteroatoms. The van der Waals surface area contributed by atoms with Crippen LogP contribution < -0.4 is 0 Å². The normalized spacial score (nSPS) is 11.1. The Morgan fingerprint density at radius 2 is 1.85 bits per heavy atom. The Kier molecular flexibility index (Phi) is 1.22. The number of furan rings is 1. The number of hydrogen-bond donors (Lipinski definition) is 0. The SMILES string of the molecule is [c]1cc2c(ccc3ccccc32)o1. The molecule has 0 amide bonds. The second-order valence-electron chi connectivity index (χ2n) is 3.06. The highest BCUT2D eigenvalue weighted by Gasteiger charge is 2.00. The van der Waals surface area contributed by atoms with Crippen molar-refractivity contribution in [3.8, 4) is 0 Å². The Morgan fingerprint density at radius 3 is 2.85 bits per heavy atom. The summed E-state index contributed by atoms with van der Waals surface area (Å²) in [5, 5.41) is 3.60. The van der Waals surface area contributed by atoms with Gasteiger partial charge in [-0.2, -0.15) is 0 Å². The third-order valence-electron chi connectivity index (χ3n) is 2.30. The van der Waals surface area contributed by atoms with Crippen LogP contribution in [0.4, 0.5) is 0 Å². The summed E-state index contributed by atoms with van der Waals surface area (Å²) in [6, 6.07) is 14.2. The van der Waals surface area contributed by atoms with Gasteiger partial charge in [0.2, 0.25) is 0 Å². The van der Waals surface area contributed by atoms with Crippen LogP contribution in [0.5, 0.6) is 0 Å².